The predicted octanol–water partition coefficient (Wildman–Crippen LogP) is 2.54. The minimum Gasteiger partial charge on any atom is -0.496 e. The summed E-state index contributed by atoms with van der Waals surface area (Å²) < 4.78 is 5.21. The Morgan fingerprint density at radius 3 is 2.14 bits per heavy atom. The van der Waals surface area contributed by atoms with Gasteiger partial charge in [-0.1, -0.05) is 0 Å². The minimum atomic E-state index is -0.791. The smallest absolute Gasteiger partial charge is 0.122 e. The van der Waals surface area contributed by atoms with Crippen LogP contribution in [0.25, 0.3) is 0 Å². The highest BCUT2D eigenvalue weighted by atomic mass is 16.5. The predicted molar refractivity (Wildman–Crippen MR) is 57.7 cm³/mol. The summed E-state index contributed by atoms with van der Waals surface area (Å²) >= 11 is 0. The van der Waals surface area contributed by atoms with E-state index in [2.05, 4.69) is 0 Å². The molecule has 14 heavy (non-hydrogen) atoms. The van der Waals surface area contributed by atoms with Crippen molar-refractivity contribution >= 4 is 0 Å². The molecule has 0 saturated heterocycles. The molecule has 0 amide bonds. The molecule has 1 rings (SSSR count). The van der Waals surface area contributed by atoms with Gasteiger partial charge < -0.3 is 9.84 Å². The van der Waals surface area contributed by atoms with Crippen molar-refractivity contribution in [1.82, 2.24) is 0 Å². The van der Waals surface area contributed by atoms with Gasteiger partial charge in [0.1, 0.15) is 5.75 Å². The molecule has 0 fully saturated rings. The Morgan fingerprint density at radius 1 is 1.14 bits per heavy atom. The Labute approximate surface area is 85.5 Å². The topological polar surface area (TPSA) is 29.5 Å². The summed E-state index contributed by atoms with van der Waals surface area (Å²) in [6, 6.07) is 3.94. The fourth-order valence-electron chi connectivity index (χ4n) is 1.67. The average molecular weight is 194 g/mol. The molecule has 2 heteroatoms. The van der Waals surface area contributed by atoms with Crippen LogP contribution in [0.15, 0.2) is 12.1 Å². The van der Waals surface area contributed by atoms with Gasteiger partial charge in [-0.05, 0) is 56.5 Å². The Morgan fingerprint density at radius 2 is 1.71 bits per heavy atom. The van der Waals surface area contributed by atoms with Crippen LogP contribution in [0, 0.1) is 13.8 Å². The maximum atomic E-state index is 9.92. The second-order valence-corrected chi connectivity index (χ2v) is 4.20. The second kappa shape index (κ2) is 3.62. The van der Waals surface area contributed by atoms with Crippen molar-refractivity contribution < 1.29 is 9.84 Å². The Balaban J connectivity index is 3.29. The van der Waals surface area contributed by atoms with E-state index in [0.717, 1.165) is 22.4 Å². The van der Waals surface area contributed by atoms with Gasteiger partial charge in [0, 0.05) is 0 Å². The third-order valence-corrected chi connectivity index (χ3v) is 2.40. The lowest BCUT2D eigenvalue weighted by atomic mass is 9.92. The highest BCUT2D eigenvalue weighted by Crippen LogP contribution is 2.29. The summed E-state index contributed by atoms with van der Waals surface area (Å²) in [5, 5.41) is 9.92. The fraction of sp³-hybridized carbons (Fsp3) is 0.500. The molecule has 0 aromatic heterocycles. The van der Waals surface area contributed by atoms with E-state index in [1.54, 1.807) is 21.0 Å². The average Bonchev–Trinajstić information content (AvgIpc) is 2.06. The summed E-state index contributed by atoms with van der Waals surface area (Å²) in [5.74, 6) is 0.871. The van der Waals surface area contributed by atoms with Crippen molar-refractivity contribution in [2.75, 3.05) is 7.11 Å². The number of hydrogen-bond acceptors (Lipinski definition) is 2. The summed E-state index contributed by atoms with van der Waals surface area (Å²) in [4.78, 5) is 0. The van der Waals surface area contributed by atoms with Crippen LogP contribution in [-0.2, 0) is 5.60 Å². The number of aryl methyl sites for hydroxylation is 2. The lowest BCUT2D eigenvalue weighted by molar-refractivity contribution is 0.0778. The third-order valence-electron chi connectivity index (χ3n) is 2.40. The Bertz CT molecular complexity index is 335. The summed E-state index contributed by atoms with van der Waals surface area (Å²) in [6.07, 6.45) is 0. The maximum Gasteiger partial charge on any atom is 0.122 e. The van der Waals surface area contributed by atoms with Crippen LogP contribution in [0.4, 0.5) is 0 Å². The van der Waals surface area contributed by atoms with Gasteiger partial charge in [0.25, 0.3) is 0 Å². The first-order valence-corrected chi connectivity index (χ1v) is 4.74. The zero-order valence-corrected chi connectivity index (χ0v) is 9.51. The normalized spacial score (nSPS) is 11.6. The van der Waals surface area contributed by atoms with E-state index in [9.17, 15) is 5.11 Å². The van der Waals surface area contributed by atoms with Gasteiger partial charge in [0.05, 0.1) is 12.7 Å². The number of hydrogen-bond donors (Lipinski definition) is 1. The van der Waals surface area contributed by atoms with Gasteiger partial charge in [-0.3, -0.25) is 0 Å². The van der Waals surface area contributed by atoms with Gasteiger partial charge >= 0.3 is 0 Å². The third kappa shape index (κ3) is 2.07. The minimum absolute atomic E-state index is 0.791. The number of ether oxygens (including phenoxy) is 1. The molecule has 78 valence electrons. The second-order valence-electron chi connectivity index (χ2n) is 4.20. The van der Waals surface area contributed by atoms with Crippen molar-refractivity contribution in [3.05, 3.63) is 28.8 Å². The van der Waals surface area contributed by atoms with Crippen LogP contribution in [-0.4, -0.2) is 12.2 Å². The standard InChI is InChI=1S/C12H18O2/c1-8-7-11(14-5)9(2)6-10(8)12(3,4)13/h6-7,13H,1-5H3. The molecular formula is C12H18O2. The number of methoxy groups -OCH3 is 1. The number of rotatable bonds is 2. The van der Waals surface area contributed by atoms with E-state index < -0.39 is 5.60 Å². The first-order chi connectivity index (χ1) is 6.36. The SMILES string of the molecule is COc1cc(C)c(C(C)(C)O)cc1C. The van der Waals surface area contributed by atoms with Gasteiger partial charge in [-0.15, -0.1) is 0 Å². The highest BCUT2D eigenvalue weighted by molar-refractivity contribution is 5.43. The molecule has 0 aliphatic carbocycles. The van der Waals surface area contributed by atoms with Crippen LogP contribution >= 0.6 is 0 Å². The van der Waals surface area contributed by atoms with E-state index in [4.69, 9.17) is 4.74 Å². The van der Waals surface area contributed by atoms with Crippen LogP contribution < -0.4 is 4.74 Å². The lowest BCUT2D eigenvalue weighted by Gasteiger charge is -2.22. The summed E-state index contributed by atoms with van der Waals surface area (Å²) in [6.45, 7) is 7.55. The maximum absolute atomic E-state index is 9.92. The Hall–Kier alpha value is -1.02. The molecule has 0 saturated carbocycles. The fourth-order valence-corrected chi connectivity index (χ4v) is 1.67. The van der Waals surface area contributed by atoms with E-state index in [0.29, 0.717) is 0 Å². The first kappa shape index (κ1) is 11.1. The van der Waals surface area contributed by atoms with Crippen molar-refractivity contribution in [1.29, 1.82) is 0 Å². The zero-order valence-electron chi connectivity index (χ0n) is 9.51. The van der Waals surface area contributed by atoms with Crippen molar-refractivity contribution in [2.24, 2.45) is 0 Å². The molecule has 1 N–H and O–H groups in total. The molecule has 1 aromatic carbocycles. The van der Waals surface area contributed by atoms with Crippen LogP contribution in [0.2, 0.25) is 0 Å². The lowest BCUT2D eigenvalue weighted by Crippen LogP contribution is -2.17. The van der Waals surface area contributed by atoms with Crippen LogP contribution in [0.3, 0.4) is 0 Å². The first-order valence-electron chi connectivity index (χ1n) is 4.74. The summed E-state index contributed by atoms with van der Waals surface area (Å²) in [7, 11) is 1.66. The zero-order chi connectivity index (χ0) is 10.9. The van der Waals surface area contributed by atoms with E-state index in [1.807, 2.05) is 26.0 Å². The van der Waals surface area contributed by atoms with Gasteiger partial charge in [0.15, 0.2) is 0 Å². The Kier molecular flexibility index (Phi) is 2.86. The quantitative estimate of drug-likeness (QED) is 0.784. The summed E-state index contributed by atoms with van der Waals surface area (Å²) in [5.41, 5.74) is 2.27. The van der Waals surface area contributed by atoms with Gasteiger partial charge in [-0.25, -0.2) is 0 Å². The molecule has 0 aliphatic heterocycles. The molecule has 0 bridgehead atoms. The van der Waals surface area contributed by atoms with Gasteiger partial charge in [0.2, 0.25) is 0 Å². The molecule has 1 aromatic rings. The molecule has 0 unspecified atom stereocenters. The van der Waals surface area contributed by atoms with Crippen LogP contribution in [0.1, 0.15) is 30.5 Å². The molecule has 0 aliphatic rings. The molecule has 0 radical (unpaired) electrons. The van der Waals surface area contributed by atoms with Crippen LogP contribution in [0.5, 0.6) is 5.75 Å². The monoisotopic (exact) mass is 194 g/mol. The van der Waals surface area contributed by atoms with E-state index >= 15 is 0 Å². The van der Waals surface area contributed by atoms with Crippen molar-refractivity contribution in [2.45, 2.75) is 33.3 Å². The van der Waals surface area contributed by atoms with Crippen molar-refractivity contribution in [3.63, 3.8) is 0 Å². The number of aliphatic hydroxyl groups is 1. The molecule has 0 atom stereocenters. The van der Waals surface area contributed by atoms with Gasteiger partial charge in [-0.2, -0.15) is 0 Å². The molecular weight excluding hydrogens is 176 g/mol. The van der Waals surface area contributed by atoms with E-state index in [1.165, 1.54) is 0 Å². The van der Waals surface area contributed by atoms with E-state index in [-0.39, 0.29) is 0 Å². The highest BCUT2D eigenvalue weighted by Gasteiger charge is 2.19. The molecule has 0 spiro atoms. The molecule has 0 heterocycles. The number of benzene rings is 1. The van der Waals surface area contributed by atoms with Crippen molar-refractivity contribution in [3.8, 4) is 5.75 Å². The largest absolute Gasteiger partial charge is 0.496 e. The molecule has 2 nitrogen and oxygen atoms in total.